The fourth-order valence-corrected chi connectivity index (χ4v) is 2.88. The highest BCUT2D eigenvalue weighted by atomic mass is 16.3. The van der Waals surface area contributed by atoms with Gasteiger partial charge in [-0.2, -0.15) is 0 Å². The quantitative estimate of drug-likeness (QED) is 0.796. The normalized spacial score (nSPS) is 15.1. The van der Waals surface area contributed by atoms with Gasteiger partial charge in [-0.25, -0.2) is 0 Å². The lowest BCUT2D eigenvalue weighted by molar-refractivity contribution is 0.506. The molecule has 1 aromatic carbocycles. The summed E-state index contributed by atoms with van der Waals surface area (Å²) >= 11 is 0. The summed E-state index contributed by atoms with van der Waals surface area (Å²) in [4.78, 5) is 0. The van der Waals surface area contributed by atoms with Crippen LogP contribution >= 0.6 is 0 Å². The molecule has 3 rings (SSSR count). The van der Waals surface area contributed by atoms with Crippen LogP contribution in [-0.2, 0) is 19.4 Å². The number of nitrogens with one attached hydrogen (secondary N) is 1. The molecule has 0 saturated heterocycles. The summed E-state index contributed by atoms with van der Waals surface area (Å²) < 4.78 is 6.10. The van der Waals surface area contributed by atoms with Gasteiger partial charge < -0.3 is 9.73 Å². The predicted molar refractivity (Wildman–Crippen MR) is 84.1 cm³/mol. The van der Waals surface area contributed by atoms with Crippen LogP contribution in [0.2, 0.25) is 0 Å². The van der Waals surface area contributed by atoms with Crippen molar-refractivity contribution in [2.75, 3.05) is 0 Å². The second kappa shape index (κ2) is 6.01. The maximum Gasteiger partial charge on any atom is 0.134 e. The van der Waals surface area contributed by atoms with Gasteiger partial charge in [0, 0.05) is 17.0 Å². The lowest BCUT2D eigenvalue weighted by atomic mass is 10.0. The molecule has 2 heteroatoms. The molecule has 0 bridgehead atoms. The van der Waals surface area contributed by atoms with E-state index >= 15 is 0 Å². The molecule has 0 aliphatic heterocycles. The minimum Gasteiger partial charge on any atom is -0.459 e. The van der Waals surface area contributed by atoms with Crippen LogP contribution in [0.25, 0.3) is 11.0 Å². The van der Waals surface area contributed by atoms with Gasteiger partial charge in [0.2, 0.25) is 0 Å². The summed E-state index contributed by atoms with van der Waals surface area (Å²) in [6.45, 7) is 5.36. The van der Waals surface area contributed by atoms with Gasteiger partial charge >= 0.3 is 0 Å². The molecule has 20 heavy (non-hydrogen) atoms. The van der Waals surface area contributed by atoms with Crippen molar-refractivity contribution in [3.63, 3.8) is 0 Å². The topological polar surface area (TPSA) is 25.2 Å². The van der Waals surface area contributed by atoms with Crippen molar-refractivity contribution in [1.82, 2.24) is 5.32 Å². The fraction of sp³-hybridized carbons (Fsp3) is 0.556. The molecule has 1 saturated carbocycles. The average molecular weight is 271 g/mol. The third-order valence-electron chi connectivity index (χ3n) is 4.11. The number of hydrogen-bond acceptors (Lipinski definition) is 2. The third kappa shape index (κ3) is 2.90. The van der Waals surface area contributed by atoms with E-state index in [9.17, 15) is 0 Å². The Kier molecular flexibility index (Phi) is 4.11. The van der Waals surface area contributed by atoms with E-state index in [0.717, 1.165) is 36.8 Å². The zero-order chi connectivity index (χ0) is 13.9. The SMILES string of the molecule is CCCc1ccc2oc(CNC3CC3)c(CCC)c2c1. The number of benzene rings is 1. The van der Waals surface area contributed by atoms with Crippen molar-refractivity contribution in [3.8, 4) is 0 Å². The van der Waals surface area contributed by atoms with Crippen molar-refractivity contribution in [1.29, 1.82) is 0 Å². The number of rotatable bonds is 7. The molecule has 1 N–H and O–H groups in total. The lowest BCUT2D eigenvalue weighted by Gasteiger charge is -2.03. The van der Waals surface area contributed by atoms with Gasteiger partial charge in [-0.05, 0) is 43.4 Å². The fourth-order valence-electron chi connectivity index (χ4n) is 2.88. The second-order valence-electron chi connectivity index (χ2n) is 5.99. The Bertz CT molecular complexity index is 580. The highest BCUT2D eigenvalue weighted by Crippen LogP contribution is 2.29. The van der Waals surface area contributed by atoms with Gasteiger partial charge in [-0.15, -0.1) is 0 Å². The Morgan fingerprint density at radius 2 is 1.95 bits per heavy atom. The molecule has 0 unspecified atom stereocenters. The first-order chi connectivity index (χ1) is 9.81. The Labute approximate surface area is 121 Å². The number of hydrogen-bond donors (Lipinski definition) is 1. The molecule has 1 aliphatic rings. The van der Waals surface area contributed by atoms with Gasteiger partial charge in [-0.3, -0.25) is 0 Å². The van der Waals surface area contributed by atoms with E-state index in [1.807, 2.05) is 0 Å². The number of fused-ring (bicyclic) bond motifs is 1. The minimum atomic E-state index is 0.730. The van der Waals surface area contributed by atoms with Crippen molar-refractivity contribution < 1.29 is 4.42 Å². The van der Waals surface area contributed by atoms with Gasteiger partial charge in [0.05, 0.1) is 6.54 Å². The van der Waals surface area contributed by atoms with E-state index in [1.165, 1.54) is 42.2 Å². The molecule has 1 aliphatic carbocycles. The minimum absolute atomic E-state index is 0.730. The van der Waals surface area contributed by atoms with Gasteiger partial charge in [0.25, 0.3) is 0 Å². The van der Waals surface area contributed by atoms with Crippen molar-refractivity contribution in [2.45, 2.75) is 65.0 Å². The van der Waals surface area contributed by atoms with Crippen molar-refractivity contribution in [2.24, 2.45) is 0 Å². The molecule has 1 aromatic heterocycles. The summed E-state index contributed by atoms with van der Waals surface area (Å²) in [5.41, 5.74) is 3.91. The average Bonchev–Trinajstić information content (AvgIpc) is 3.22. The van der Waals surface area contributed by atoms with Crippen LogP contribution in [0.4, 0.5) is 0 Å². The molecular weight excluding hydrogens is 246 g/mol. The van der Waals surface area contributed by atoms with E-state index in [-0.39, 0.29) is 0 Å². The molecule has 0 spiro atoms. The first kappa shape index (κ1) is 13.7. The Morgan fingerprint density at radius 3 is 2.65 bits per heavy atom. The summed E-state index contributed by atoms with van der Waals surface area (Å²) in [6, 6.07) is 7.44. The van der Waals surface area contributed by atoms with Crippen LogP contribution in [0.3, 0.4) is 0 Å². The van der Waals surface area contributed by atoms with Crippen LogP contribution in [0.15, 0.2) is 22.6 Å². The number of aryl methyl sites for hydroxylation is 2. The third-order valence-corrected chi connectivity index (χ3v) is 4.11. The van der Waals surface area contributed by atoms with Gasteiger partial charge in [-0.1, -0.05) is 32.8 Å². The van der Waals surface area contributed by atoms with Crippen LogP contribution in [0, 0.1) is 0 Å². The molecular formula is C18H25NO. The maximum atomic E-state index is 6.10. The predicted octanol–water partition coefficient (Wildman–Crippen LogP) is 4.59. The van der Waals surface area contributed by atoms with Crippen molar-refractivity contribution in [3.05, 3.63) is 35.1 Å². The summed E-state index contributed by atoms with van der Waals surface area (Å²) in [5, 5.41) is 4.92. The van der Waals surface area contributed by atoms with Gasteiger partial charge in [0.15, 0.2) is 0 Å². The molecule has 2 nitrogen and oxygen atoms in total. The first-order valence-corrected chi connectivity index (χ1v) is 8.08. The summed E-state index contributed by atoms with van der Waals surface area (Å²) in [6.07, 6.45) is 7.28. The molecule has 0 radical (unpaired) electrons. The molecule has 2 aromatic rings. The van der Waals surface area contributed by atoms with E-state index in [0.29, 0.717) is 0 Å². The van der Waals surface area contributed by atoms with Crippen LogP contribution < -0.4 is 5.32 Å². The molecule has 0 atom stereocenters. The standard InChI is InChI=1S/C18H25NO/c1-3-5-13-7-10-17-16(11-13)15(6-4-2)18(20-17)12-19-14-8-9-14/h7,10-11,14,19H,3-6,8-9,12H2,1-2H3. The van der Waals surface area contributed by atoms with E-state index < -0.39 is 0 Å². The Balaban J connectivity index is 1.92. The Hall–Kier alpha value is -1.28. The van der Waals surface area contributed by atoms with Crippen molar-refractivity contribution >= 4 is 11.0 Å². The second-order valence-corrected chi connectivity index (χ2v) is 5.99. The highest BCUT2D eigenvalue weighted by Gasteiger charge is 2.22. The molecule has 1 fully saturated rings. The molecule has 108 valence electrons. The zero-order valence-electron chi connectivity index (χ0n) is 12.7. The summed E-state index contributed by atoms with van der Waals surface area (Å²) in [5.74, 6) is 1.15. The first-order valence-electron chi connectivity index (χ1n) is 8.08. The maximum absolute atomic E-state index is 6.10. The van der Waals surface area contributed by atoms with Gasteiger partial charge in [0.1, 0.15) is 11.3 Å². The lowest BCUT2D eigenvalue weighted by Crippen LogP contribution is -2.15. The zero-order valence-corrected chi connectivity index (χ0v) is 12.7. The summed E-state index contributed by atoms with van der Waals surface area (Å²) in [7, 11) is 0. The Morgan fingerprint density at radius 1 is 1.15 bits per heavy atom. The van der Waals surface area contributed by atoms with E-state index in [1.54, 1.807) is 0 Å². The highest BCUT2D eigenvalue weighted by molar-refractivity contribution is 5.83. The molecule has 1 heterocycles. The number of furan rings is 1. The van der Waals surface area contributed by atoms with E-state index in [4.69, 9.17) is 4.42 Å². The van der Waals surface area contributed by atoms with E-state index in [2.05, 4.69) is 37.4 Å². The van der Waals surface area contributed by atoms with Crippen LogP contribution in [0.5, 0.6) is 0 Å². The van der Waals surface area contributed by atoms with Crippen LogP contribution in [0.1, 0.15) is 56.4 Å². The largest absolute Gasteiger partial charge is 0.459 e. The molecule has 0 amide bonds. The van der Waals surface area contributed by atoms with Crippen LogP contribution in [-0.4, -0.2) is 6.04 Å². The monoisotopic (exact) mass is 271 g/mol. The smallest absolute Gasteiger partial charge is 0.134 e.